The van der Waals surface area contributed by atoms with Crippen molar-refractivity contribution in [2.75, 3.05) is 6.54 Å². The predicted octanol–water partition coefficient (Wildman–Crippen LogP) is 4.57. The molecule has 108 valence electrons. The van der Waals surface area contributed by atoms with Crippen LogP contribution in [0.15, 0.2) is 30.5 Å². The van der Waals surface area contributed by atoms with E-state index >= 15 is 0 Å². The zero-order valence-corrected chi connectivity index (χ0v) is 12.8. The summed E-state index contributed by atoms with van der Waals surface area (Å²) in [5.41, 5.74) is 5.90. The molecule has 1 aliphatic heterocycles. The Hall–Kier alpha value is -1.24. The fourth-order valence-corrected chi connectivity index (χ4v) is 3.91. The van der Waals surface area contributed by atoms with Crippen LogP contribution in [0.25, 0.3) is 0 Å². The lowest BCUT2D eigenvalue weighted by Gasteiger charge is -2.16. The van der Waals surface area contributed by atoms with Gasteiger partial charge in [-0.2, -0.15) is 0 Å². The maximum atomic E-state index is 4.06. The number of rotatable bonds is 4. The summed E-state index contributed by atoms with van der Waals surface area (Å²) >= 11 is 0. The number of nitrogens with one attached hydrogen (secondary N) is 1. The predicted molar refractivity (Wildman–Crippen MR) is 86.0 cm³/mol. The van der Waals surface area contributed by atoms with E-state index in [2.05, 4.69) is 37.0 Å². The van der Waals surface area contributed by atoms with E-state index in [4.69, 9.17) is 0 Å². The van der Waals surface area contributed by atoms with Crippen molar-refractivity contribution in [2.24, 2.45) is 5.92 Å². The Morgan fingerprint density at radius 2 is 2.00 bits per heavy atom. The standard InChI is InChI=1S/C19H27N/c1-3-16-8-9-17(19-10-14(2)20-13-19)12-18(16)11-15-6-4-5-7-15/h8-9,12,15,19-20H,2-7,10-11,13H2,1H3. The molecular weight excluding hydrogens is 242 g/mol. The highest BCUT2D eigenvalue weighted by Crippen LogP contribution is 2.32. The van der Waals surface area contributed by atoms with Gasteiger partial charge in [0.25, 0.3) is 0 Å². The molecule has 1 unspecified atom stereocenters. The third-order valence-corrected chi connectivity index (χ3v) is 5.16. The highest BCUT2D eigenvalue weighted by molar-refractivity contribution is 5.36. The van der Waals surface area contributed by atoms with E-state index in [1.54, 1.807) is 11.1 Å². The Balaban J connectivity index is 1.80. The van der Waals surface area contributed by atoms with Crippen molar-refractivity contribution in [3.63, 3.8) is 0 Å². The summed E-state index contributed by atoms with van der Waals surface area (Å²) in [5, 5.41) is 3.39. The largest absolute Gasteiger partial charge is 0.388 e. The summed E-state index contributed by atoms with van der Waals surface area (Å²) in [6.07, 6.45) is 9.34. The van der Waals surface area contributed by atoms with Crippen LogP contribution >= 0.6 is 0 Å². The van der Waals surface area contributed by atoms with Crippen LogP contribution in [0.5, 0.6) is 0 Å². The Bertz CT molecular complexity index is 483. The molecular formula is C19H27N. The monoisotopic (exact) mass is 269 g/mol. The summed E-state index contributed by atoms with van der Waals surface area (Å²) in [6, 6.07) is 7.23. The molecule has 0 amide bonds. The van der Waals surface area contributed by atoms with Gasteiger partial charge in [0.1, 0.15) is 0 Å². The highest BCUT2D eigenvalue weighted by atomic mass is 14.9. The van der Waals surface area contributed by atoms with Crippen molar-refractivity contribution in [3.05, 3.63) is 47.2 Å². The van der Waals surface area contributed by atoms with Gasteiger partial charge in [-0.15, -0.1) is 0 Å². The molecule has 1 heteroatoms. The number of aryl methyl sites for hydroxylation is 1. The topological polar surface area (TPSA) is 12.0 Å². The summed E-state index contributed by atoms with van der Waals surface area (Å²) in [6.45, 7) is 7.40. The molecule has 3 rings (SSSR count). The van der Waals surface area contributed by atoms with E-state index in [9.17, 15) is 0 Å². The number of allylic oxidation sites excluding steroid dienone is 1. The minimum absolute atomic E-state index is 0.635. The first-order valence-electron chi connectivity index (χ1n) is 8.29. The second kappa shape index (κ2) is 6.03. The Morgan fingerprint density at radius 3 is 2.65 bits per heavy atom. The molecule has 1 aliphatic carbocycles. The van der Waals surface area contributed by atoms with Crippen LogP contribution in [0.3, 0.4) is 0 Å². The first-order valence-corrected chi connectivity index (χ1v) is 8.29. The Kier molecular flexibility index (Phi) is 4.14. The minimum Gasteiger partial charge on any atom is -0.388 e. The van der Waals surface area contributed by atoms with E-state index in [-0.39, 0.29) is 0 Å². The van der Waals surface area contributed by atoms with Gasteiger partial charge in [-0.1, -0.05) is 57.4 Å². The van der Waals surface area contributed by atoms with Crippen molar-refractivity contribution < 1.29 is 0 Å². The van der Waals surface area contributed by atoms with Crippen molar-refractivity contribution in [1.29, 1.82) is 0 Å². The summed E-state index contributed by atoms with van der Waals surface area (Å²) in [4.78, 5) is 0. The Labute approximate surface area is 123 Å². The summed E-state index contributed by atoms with van der Waals surface area (Å²) in [5.74, 6) is 1.57. The van der Waals surface area contributed by atoms with Crippen molar-refractivity contribution in [2.45, 2.75) is 57.8 Å². The molecule has 0 bridgehead atoms. The summed E-state index contributed by atoms with van der Waals surface area (Å²) in [7, 11) is 0. The van der Waals surface area contributed by atoms with Crippen LogP contribution in [0.4, 0.5) is 0 Å². The number of hydrogen-bond donors (Lipinski definition) is 1. The van der Waals surface area contributed by atoms with Gasteiger partial charge in [0.15, 0.2) is 0 Å². The van der Waals surface area contributed by atoms with Crippen LogP contribution < -0.4 is 5.32 Å². The molecule has 0 spiro atoms. The molecule has 0 aromatic heterocycles. The average Bonchev–Trinajstić information content (AvgIpc) is 3.10. The zero-order valence-electron chi connectivity index (χ0n) is 12.8. The Morgan fingerprint density at radius 1 is 1.20 bits per heavy atom. The minimum atomic E-state index is 0.635. The number of hydrogen-bond acceptors (Lipinski definition) is 1. The van der Waals surface area contributed by atoms with Crippen molar-refractivity contribution in [3.8, 4) is 0 Å². The zero-order chi connectivity index (χ0) is 13.9. The van der Waals surface area contributed by atoms with E-state index in [1.165, 1.54) is 43.4 Å². The first kappa shape index (κ1) is 13.7. The number of benzene rings is 1. The van der Waals surface area contributed by atoms with Crippen molar-refractivity contribution >= 4 is 0 Å². The van der Waals surface area contributed by atoms with Crippen LogP contribution in [0.2, 0.25) is 0 Å². The highest BCUT2D eigenvalue weighted by Gasteiger charge is 2.21. The van der Waals surface area contributed by atoms with E-state index in [0.29, 0.717) is 5.92 Å². The van der Waals surface area contributed by atoms with Crippen molar-refractivity contribution in [1.82, 2.24) is 5.32 Å². The summed E-state index contributed by atoms with van der Waals surface area (Å²) < 4.78 is 0. The van der Waals surface area contributed by atoms with Crippen LogP contribution in [0.1, 0.15) is 61.6 Å². The van der Waals surface area contributed by atoms with E-state index < -0.39 is 0 Å². The lowest BCUT2D eigenvalue weighted by atomic mass is 9.88. The lowest BCUT2D eigenvalue weighted by molar-refractivity contribution is 0.543. The average molecular weight is 269 g/mol. The van der Waals surface area contributed by atoms with Gasteiger partial charge in [0.05, 0.1) is 0 Å². The molecule has 1 N–H and O–H groups in total. The molecule has 1 atom stereocenters. The molecule has 0 radical (unpaired) electrons. The molecule has 2 aliphatic rings. The van der Waals surface area contributed by atoms with Crippen LogP contribution in [-0.2, 0) is 12.8 Å². The molecule has 1 saturated carbocycles. The molecule has 1 saturated heterocycles. The molecule has 1 aromatic rings. The first-order chi connectivity index (χ1) is 9.76. The van der Waals surface area contributed by atoms with Gasteiger partial charge in [-0.05, 0) is 41.9 Å². The maximum Gasteiger partial charge on any atom is 0.0216 e. The van der Waals surface area contributed by atoms with Gasteiger partial charge >= 0.3 is 0 Å². The second-order valence-electron chi connectivity index (χ2n) is 6.62. The van der Waals surface area contributed by atoms with E-state index in [1.807, 2.05) is 0 Å². The van der Waals surface area contributed by atoms with Gasteiger partial charge in [0.2, 0.25) is 0 Å². The SMILES string of the molecule is C=C1CC(c2ccc(CC)c(CC3CCCC3)c2)CN1. The van der Waals surface area contributed by atoms with Gasteiger partial charge in [0, 0.05) is 18.2 Å². The van der Waals surface area contributed by atoms with Gasteiger partial charge in [-0.3, -0.25) is 0 Å². The third-order valence-electron chi connectivity index (χ3n) is 5.16. The van der Waals surface area contributed by atoms with Crippen LogP contribution in [-0.4, -0.2) is 6.54 Å². The molecule has 1 nitrogen and oxygen atoms in total. The fraction of sp³-hybridized carbons (Fsp3) is 0.579. The molecule has 2 fully saturated rings. The molecule has 20 heavy (non-hydrogen) atoms. The lowest BCUT2D eigenvalue weighted by Crippen LogP contribution is -2.08. The smallest absolute Gasteiger partial charge is 0.0216 e. The third kappa shape index (κ3) is 2.92. The molecule has 1 aromatic carbocycles. The van der Waals surface area contributed by atoms with Gasteiger partial charge in [-0.25, -0.2) is 0 Å². The second-order valence-corrected chi connectivity index (χ2v) is 6.62. The normalized spacial score (nSPS) is 23.2. The maximum absolute atomic E-state index is 4.06. The van der Waals surface area contributed by atoms with E-state index in [0.717, 1.165) is 25.3 Å². The van der Waals surface area contributed by atoms with Crippen LogP contribution in [0, 0.1) is 5.92 Å². The fourth-order valence-electron chi connectivity index (χ4n) is 3.91. The quantitative estimate of drug-likeness (QED) is 0.844. The molecule has 1 heterocycles. The van der Waals surface area contributed by atoms with Gasteiger partial charge < -0.3 is 5.32 Å².